The molecule has 4 aromatic rings. The first-order valence-electron chi connectivity index (χ1n) is 11.6. The summed E-state index contributed by atoms with van der Waals surface area (Å²) in [5, 5.41) is 0.513. The second kappa shape index (κ2) is 9.02. The van der Waals surface area contributed by atoms with E-state index in [0.717, 1.165) is 16.4 Å². The first-order chi connectivity index (χ1) is 16.6. The lowest BCUT2D eigenvalue weighted by Gasteiger charge is -2.17. The molecule has 35 heavy (non-hydrogen) atoms. The van der Waals surface area contributed by atoms with Crippen molar-refractivity contribution in [3.05, 3.63) is 67.8 Å². The van der Waals surface area contributed by atoms with Crippen LogP contribution in [-0.2, 0) is 22.9 Å². The van der Waals surface area contributed by atoms with Crippen LogP contribution in [-0.4, -0.2) is 43.6 Å². The molecule has 1 aliphatic rings. The highest BCUT2D eigenvalue weighted by atomic mass is 79.9. The number of sulfone groups is 1. The molecule has 0 radical (unpaired) electrons. The van der Waals surface area contributed by atoms with E-state index < -0.39 is 15.9 Å². The van der Waals surface area contributed by atoms with E-state index in [1.54, 1.807) is 33.7 Å². The van der Waals surface area contributed by atoms with E-state index >= 15 is 0 Å². The average Bonchev–Trinajstić information content (AvgIpc) is 3.29. The zero-order chi connectivity index (χ0) is 24.9. The third kappa shape index (κ3) is 4.47. The molecule has 0 spiro atoms. The van der Waals surface area contributed by atoms with E-state index in [4.69, 9.17) is 0 Å². The Balaban J connectivity index is 1.68. The van der Waals surface area contributed by atoms with E-state index in [2.05, 4.69) is 39.7 Å². The summed E-state index contributed by atoms with van der Waals surface area (Å²) in [6.45, 7) is 4.99. The van der Waals surface area contributed by atoms with Crippen LogP contribution in [0.2, 0.25) is 0 Å². The lowest BCUT2D eigenvalue weighted by atomic mass is 10.1. The Kier molecular flexibility index (Phi) is 6.16. The van der Waals surface area contributed by atoms with Crippen molar-refractivity contribution >= 4 is 47.7 Å². The van der Waals surface area contributed by atoms with Crippen LogP contribution in [0.3, 0.4) is 0 Å². The summed E-state index contributed by atoms with van der Waals surface area (Å²) in [5.41, 5.74) is 1.31. The maximum Gasteiger partial charge on any atom is 0.329 e. The number of rotatable bonds is 6. The first kappa shape index (κ1) is 23.9. The van der Waals surface area contributed by atoms with E-state index in [1.165, 1.54) is 0 Å². The van der Waals surface area contributed by atoms with Gasteiger partial charge in [0.2, 0.25) is 0 Å². The van der Waals surface area contributed by atoms with E-state index in [-0.39, 0.29) is 29.3 Å². The monoisotopic (exact) mass is 559 g/mol. The highest BCUT2D eigenvalue weighted by Crippen LogP contribution is 2.27. The van der Waals surface area contributed by atoms with Crippen molar-refractivity contribution in [2.75, 3.05) is 11.5 Å². The molecule has 1 aromatic carbocycles. The fourth-order valence-electron chi connectivity index (χ4n) is 4.80. The maximum atomic E-state index is 13.6. The minimum absolute atomic E-state index is 0.0590. The molecule has 1 unspecified atom stereocenters. The second-order valence-corrected chi connectivity index (χ2v) is 12.6. The highest BCUT2D eigenvalue weighted by Gasteiger charge is 2.32. The van der Waals surface area contributed by atoms with Crippen molar-refractivity contribution in [3.63, 3.8) is 0 Å². The molecule has 4 heterocycles. The van der Waals surface area contributed by atoms with Gasteiger partial charge in [0.25, 0.3) is 5.56 Å². The molecule has 1 saturated heterocycles. The quantitative estimate of drug-likeness (QED) is 0.359. The van der Waals surface area contributed by atoms with Gasteiger partial charge in [-0.15, -0.1) is 0 Å². The largest absolute Gasteiger partial charge is 0.329 e. The molecule has 3 aromatic heterocycles. The standard InChI is InChI=1S/C24H26BrN5O4S/c1-15(2)6-9-28-19-4-3-16(25)11-18(19)23(31)27-22(28)13-29-21-12-26-8-5-20(21)30(24(29)32)17-7-10-35(33,34)14-17/h3-5,8,11-12,15,17H,6-7,9-10,13-14H2,1-2H3. The minimum atomic E-state index is -3.18. The number of pyridine rings is 1. The Bertz CT molecular complexity index is 1670. The van der Waals surface area contributed by atoms with Crippen LogP contribution in [0.15, 0.2) is 50.7 Å². The molecule has 5 rings (SSSR count). The Morgan fingerprint density at radius 2 is 1.91 bits per heavy atom. The minimum Gasteiger partial charge on any atom is -0.327 e. The van der Waals surface area contributed by atoms with Gasteiger partial charge in [-0.05, 0) is 43.0 Å². The molecule has 9 nitrogen and oxygen atoms in total. The molecule has 11 heteroatoms. The van der Waals surface area contributed by atoms with Crippen molar-refractivity contribution < 1.29 is 8.42 Å². The van der Waals surface area contributed by atoms with Crippen molar-refractivity contribution in [3.8, 4) is 0 Å². The molecule has 1 atom stereocenters. The lowest BCUT2D eigenvalue weighted by molar-refractivity contribution is 0.496. The fourth-order valence-corrected chi connectivity index (χ4v) is 6.86. The predicted octanol–water partition coefficient (Wildman–Crippen LogP) is 3.12. The first-order valence-corrected chi connectivity index (χ1v) is 14.2. The van der Waals surface area contributed by atoms with Gasteiger partial charge in [0.05, 0.1) is 52.2 Å². The third-order valence-corrected chi connectivity index (χ3v) is 8.83. The average molecular weight is 560 g/mol. The molecule has 0 aliphatic carbocycles. The van der Waals surface area contributed by atoms with E-state index in [1.807, 2.05) is 16.7 Å². The van der Waals surface area contributed by atoms with Crippen LogP contribution < -0.4 is 11.2 Å². The normalized spacial score (nSPS) is 17.7. The van der Waals surface area contributed by atoms with Gasteiger partial charge in [0, 0.05) is 17.2 Å². The number of hydrogen-bond donors (Lipinski definition) is 0. The predicted molar refractivity (Wildman–Crippen MR) is 139 cm³/mol. The molecule has 0 amide bonds. The number of halogens is 1. The summed E-state index contributed by atoms with van der Waals surface area (Å²) >= 11 is 3.43. The number of hydrogen-bond acceptors (Lipinski definition) is 6. The van der Waals surface area contributed by atoms with Gasteiger partial charge in [-0.3, -0.25) is 18.9 Å². The van der Waals surface area contributed by atoms with Crippen LogP contribution in [0, 0.1) is 5.92 Å². The van der Waals surface area contributed by atoms with Gasteiger partial charge in [0.1, 0.15) is 5.82 Å². The molecule has 0 bridgehead atoms. The second-order valence-electron chi connectivity index (χ2n) is 9.49. The third-order valence-electron chi connectivity index (χ3n) is 6.59. The summed E-state index contributed by atoms with van der Waals surface area (Å²) < 4.78 is 30.2. The number of imidazole rings is 1. The molecule has 0 saturated carbocycles. The summed E-state index contributed by atoms with van der Waals surface area (Å²) in [7, 11) is -3.18. The number of fused-ring (bicyclic) bond motifs is 2. The molecule has 1 aliphatic heterocycles. The molecule has 184 valence electrons. The Hall–Kier alpha value is -2.79. The van der Waals surface area contributed by atoms with Crippen molar-refractivity contribution in [1.29, 1.82) is 0 Å². The number of benzene rings is 1. The van der Waals surface area contributed by atoms with Gasteiger partial charge < -0.3 is 4.57 Å². The Morgan fingerprint density at radius 3 is 2.63 bits per heavy atom. The van der Waals surface area contributed by atoms with Crippen LogP contribution >= 0.6 is 15.9 Å². The summed E-state index contributed by atoms with van der Waals surface area (Å²) in [4.78, 5) is 35.2. The summed E-state index contributed by atoms with van der Waals surface area (Å²) in [5.74, 6) is 0.926. The molecular weight excluding hydrogens is 534 g/mol. The van der Waals surface area contributed by atoms with Gasteiger partial charge in [-0.25, -0.2) is 13.2 Å². The fraction of sp³-hybridized carbons (Fsp3) is 0.417. The Labute approximate surface area is 210 Å². The van der Waals surface area contributed by atoms with Gasteiger partial charge >= 0.3 is 5.69 Å². The van der Waals surface area contributed by atoms with Crippen LogP contribution in [0.1, 0.15) is 38.6 Å². The zero-order valence-corrected chi connectivity index (χ0v) is 21.9. The van der Waals surface area contributed by atoms with Crippen LogP contribution in [0.4, 0.5) is 0 Å². The Morgan fingerprint density at radius 1 is 1.11 bits per heavy atom. The number of aryl methyl sites for hydroxylation is 1. The van der Waals surface area contributed by atoms with Crippen LogP contribution in [0.25, 0.3) is 21.9 Å². The highest BCUT2D eigenvalue weighted by molar-refractivity contribution is 9.10. The van der Waals surface area contributed by atoms with E-state index in [0.29, 0.717) is 41.1 Å². The van der Waals surface area contributed by atoms with Gasteiger partial charge in [-0.2, -0.15) is 4.98 Å². The van der Waals surface area contributed by atoms with Crippen molar-refractivity contribution in [2.24, 2.45) is 5.92 Å². The zero-order valence-electron chi connectivity index (χ0n) is 19.5. The lowest BCUT2D eigenvalue weighted by Crippen LogP contribution is -2.30. The topological polar surface area (TPSA) is 109 Å². The maximum absolute atomic E-state index is 13.6. The summed E-state index contributed by atoms with van der Waals surface area (Å²) in [6, 6.07) is 6.85. The molecular formula is C24H26BrN5O4S. The van der Waals surface area contributed by atoms with Gasteiger partial charge in [0.15, 0.2) is 9.84 Å². The van der Waals surface area contributed by atoms with Crippen molar-refractivity contribution in [1.82, 2.24) is 23.7 Å². The van der Waals surface area contributed by atoms with E-state index in [9.17, 15) is 18.0 Å². The number of aromatic nitrogens is 5. The van der Waals surface area contributed by atoms with Crippen LogP contribution in [0.5, 0.6) is 0 Å². The molecule has 0 N–H and O–H groups in total. The smallest absolute Gasteiger partial charge is 0.327 e. The SMILES string of the molecule is CC(C)CCn1c(Cn2c(=O)n(C3CCS(=O)(=O)C3)c3ccncc32)nc(=O)c2cc(Br)ccc21. The number of nitrogens with zero attached hydrogens (tertiary/aromatic N) is 5. The van der Waals surface area contributed by atoms with Gasteiger partial charge in [-0.1, -0.05) is 29.8 Å². The molecule has 1 fully saturated rings. The summed E-state index contributed by atoms with van der Waals surface area (Å²) in [6.07, 6.45) is 4.47. The van der Waals surface area contributed by atoms with Crippen molar-refractivity contribution in [2.45, 2.75) is 45.8 Å².